The number of halogens is 4. The lowest BCUT2D eigenvalue weighted by Gasteiger charge is -2.15. The van der Waals surface area contributed by atoms with Gasteiger partial charge in [-0.15, -0.1) is 0 Å². The molecule has 31 heavy (non-hydrogen) atoms. The summed E-state index contributed by atoms with van der Waals surface area (Å²) in [5.74, 6) is -5.08. The van der Waals surface area contributed by atoms with Crippen molar-refractivity contribution in [2.75, 3.05) is 4.72 Å². The number of benzene rings is 1. The first-order valence-electron chi connectivity index (χ1n) is 11.2. The molecule has 1 heterocycles. The highest BCUT2D eigenvalue weighted by molar-refractivity contribution is 8.01. The summed E-state index contributed by atoms with van der Waals surface area (Å²) in [7, 11) is 0. The summed E-state index contributed by atoms with van der Waals surface area (Å²) < 4.78 is 57.3. The Hall–Kier alpha value is -1.44. The summed E-state index contributed by atoms with van der Waals surface area (Å²) in [6.45, 7) is 8.82. The Morgan fingerprint density at radius 3 is 2.39 bits per heavy atom. The number of hydrogen-bond donors (Lipinski definition) is 1. The summed E-state index contributed by atoms with van der Waals surface area (Å²) in [5.41, 5.74) is 2.29. The van der Waals surface area contributed by atoms with Gasteiger partial charge in [-0.2, -0.15) is 8.78 Å². The van der Waals surface area contributed by atoms with Gasteiger partial charge in [-0.05, 0) is 62.3 Å². The number of anilines is 1. The number of alkyl halides is 4. The van der Waals surface area contributed by atoms with Crippen molar-refractivity contribution < 1.29 is 17.6 Å². The molecule has 3 nitrogen and oxygen atoms in total. The van der Waals surface area contributed by atoms with Crippen LogP contribution in [0.5, 0.6) is 0 Å². The van der Waals surface area contributed by atoms with Gasteiger partial charge in [0.05, 0.1) is 11.0 Å². The lowest BCUT2D eigenvalue weighted by atomic mass is 9.99. The molecule has 1 N–H and O–H groups in total. The van der Waals surface area contributed by atoms with Crippen LogP contribution in [-0.2, 0) is 12.5 Å². The molecule has 1 aliphatic carbocycles. The third kappa shape index (κ3) is 7.88. The second-order valence-corrected chi connectivity index (χ2v) is 9.56. The highest BCUT2D eigenvalue weighted by Crippen LogP contribution is 2.35. The molecule has 0 amide bonds. The largest absolute Gasteiger partial charge is 0.329 e. The molecular weight excluding hydrogens is 426 g/mol. The second-order valence-electron chi connectivity index (χ2n) is 8.45. The van der Waals surface area contributed by atoms with Gasteiger partial charge in [-0.1, -0.05) is 27.2 Å². The summed E-state index contributed by atoms with van der Waals surface area (Å²) in [6, 6.07) is 5.62. The predicted octanol–water partition coefficient (Wildman–Crippen LogP) is 8.25. The van der Waals surface area contributed by atoms with Crippen LogP contribution in [-0.4, -0.2) is 20.7 Å². The molecule has 1 aliphatic rings. The lowest BCUT2D eigenvalue weighted by Crippen LogP contribution is -2.15. The molecule has 2 aromatic rings. The third-order valence-corrected chi connectivity index (χ3v) is 6.70. The van der Waals surface area contributed by atoms with Gasteiger partial charge in [0.2, 0.25) is 5.92 Å². The van der Waals surface area contributed by atoms with E-state index in [9.17, 15) is 17.6 Å². The molecule has 1 saturated carbocycles. The van der Waals surface area contributed by atoms with Gasteiger partial charge in [-0.3, -0.25) is 0 Å². The van der Waals surface area contributed by atoms with E-state index < -0.39 is 11.8 Å². The van der Waals surface area contributed by atoms with Gasteiger partial charge < -0.3 is 9.29 Å². The van der Waals surface area contributed by atoms with Crippen LogP contribution >= 0.6 is 11.9 Å². The highest BCUT2D eigenvalue weighted by atomic mass is 32.2. The van der Waals surface area contributed by atoms with Gasteiger partial charge in [0.25, 0.3) is 0 Å². The fraction of sp³-hybridized carbons (Fsp3) is 0.696. The van der Waals surface area contributed by atoms with Crippen molar-refractivity contribution in [3.05, 3.63) is 24.0 Å². The van der Waals surface area contributed by atoms with Gasteiger partial charge in [-0.25, -0.2) is 13.8 Å². The topological polar surface area (TPSA) is 29.9 Å². The van der Waals surface area contributed by atoms with Crippen LogP contribution in [0.3, 0.4) is 0 Å². The molecule has 1 atom stereocenters. The van der Waals surface area contributed by atoms with E-state index in [0.29, 0.717) is 29.7 Å². The zero-order valence-corrected chi connectivity index (χ0v) is 20.0. The zero-order chi connectivity index (χ0) is 23.2. The molecular formula is C23H35F4N3S. The van der Waals surface area contributed by atoms with E-state index in [-0.39, 0.29) is 18.7 Å². The molecule has 1 fully saturated rings. The molecule has 1 aromatic carbocycles. The van der Waals surface area contributed by atoms with E-state index in [1.54, 1.807) is 16.5 Å². The van der Waals surface area contributed by atoms with Crippen LogP contribution in [0.25, 0.3) is 11.0 Å². The predicted molar refractivity (Wildman–Crippen MR) is 123 cm³/mol. The van der Waals surface area contributed by atoms with Crippen molar-refractivity contribution in [1.29, 1.82) is 0 Å². The molecule has 0 saturated heterocycles. The van der Waals surface area contributed by atoms with E-state index in [4.69, 9.17) is 0 Å². The van der Waals surface area contributed by atoms with Crippen LogP contribution in [0.2, 0.25) is 0 Å². The first-order chi connectivity index (χ1) is 14.5. The molecule has 8 heteroatoms. The molecule has 176 valence electrons. The minimum Gasteiger partial charge on any atom is -0.329 e. The Balaban J connectivity index is 0.000000267. The van der Waals surface area contributed by atoms with Crippen molar-refractivity contribution in [3.8, 4) is 0 Å². The molecule has 0 bridgehead atoms. The van der Waals surface area contributed by atoms with Gasteiger partial charge in [0.1, 0.15) is 0 Å². The van der Waals surface area contributed by atoms with Crippen LogP contribution < -0.4 is 4.72 Å². The van der Waals surface area contributed by atoms with E-state index >= 15 is 0 Å². The minimum absolute atomic E-state index is 0.0244. The zero-order valence-electron chi connectivity index (χ0n) is 19.2. The second kappa shape index (κ2) is 10.9. The quantitative estimate of drug-likeness (QED) is 0.285. The Morgan fingerprint density at radius 1 is 1.19 bits per heavy atom. The first-order valence-corrected chi connectivity index (χ1v) is 12.1. The molecule has 0 spiro atoms. The number of nitrogens with one attached hydrogen (secondary N) is 1. The average molecular weight is 462 g/mol. The number of aromatic nitrogens is 2. The van der Waals surface area contributed by atoms with E-state index in [1.807, 2.05) is 39.0 Å². The number of imidazole rings is 1. The molecule has 0 radical (unpaired) electrons. The van der Waals surface area contributed by atoms with Crippen molar-refractivity contribution in [2.24, 2.45) is 5.92 Å². The van der Waals surface area contributed by atoms with Crippen LogP contribution in [0.1, 0.15) is 79.0 Å². The summed E-state index contributed by atoms with van der Waals surface area (Å²) in [6.07, 6.45) is 4.17. The Kier molecular flexibility index (Phi) is 9.10. The Bertz CT molecular complexity index is 828. The Morgan fingerprint density at radius 2 is 1.87 bits per heavy atom. The van der Waals surface area contributed by atoms with E-state index in [1.165, 1.54) is 19.8 Å². The first kappa shape index (κ1) is 25.8. The fourth-order valence-corrected chi connectivity index (χ4v) is 3.83. The molecule has 1 unspecified atom stereocenters. The van der Waals surface area contributed by atoms with E-state index in [0.717, 1.165) is 24.5 Å². The van der Waals surface area contributed by atoms with Gasteiger partial charge in [0, 0.05) is 37.2 Å². The van der Waals surface area contributed by atoms with Crippen molar-refractivity contribution in [2.45, 2.75) is 96.8 Å². The third-order valence-electron chi connectivity index (χ3n) is 5.54. The lowest BCUT2D eigenvalue weighted by molar-refractivity contribution is -0.0165. The van der Waals surface area contributed by atoms with Gasteiger partial charge in [0.15, 0.2) is 5.82 Å². The normalized spacial score (nSPS) is 15.5. The highest BCUT2D eigenvalue weighted by Gasteiger charge is 2.31. The maximum atomic E-state index is 13.6. The van der Waals surface area contributed by atoms with Crippen LogP contribution in [0.4, 0.5) is 23.2 Å². The SMILES string of the molecule is CCC(C)CCC(F)(F)CC.CCn1c(C(C)(F)F)nc2cc(NSC3CC3)ccc21. The van der Waals surface area contributed by atoms with E-state index in [2.05, 4.69) is 9.71 Å². The minimum atomic E-state index is -2.93. The number of nitrogens with zero attached hydrogens (tertiary/aromatic N) is 2. The summed E-state index contributed by atoms with van der Waals surface area (Å²) >= 11 is 1.69. The number of aryl methyl sites for hydroxylation is 1. The van der Waals surface area contributed by atoms with Crippen LogP contribution in [0, 0.1) is 5.92 Å². The van der Waals surface area contributed by atoms with Crippen molar-refractivity contribution >= 4 is 28.7 Å². The van der Waals surface area contributed by atoms with Crippen molar-refractivity contribution in [1.82, 2.24) is 9.55 Å². The molecule has 0 aliphatic heterocycles. The maximum absolute atomic E-state index is 13.6. The maximum Gasteiger partial charge on any atom is 0.302 e. The summed E-state index contributed by atoms with van der Waals surface area (Å²) in [4.78, 5) is 4.12. The van der Waals surface area contributed by atoms with Gasteiger partial charge >= 0.3 is 5.92 Å². The standard InChI is InChI=1S/C14H17F2N3S.C9H18F2/c1-3-19-12-7-4-9(18-20-10-5-6-10)8-11(12)17-13(19)14(2,15)16;1-4-8(3)6-7-9(10,11)5-2/h4,7-8,10,18H,3,5-6H2,1-2H3;8H,4-7H2,1-3H3. The Labute approximate surface area is 187 Å². The fourth-order valence-electron chi connectivity index (χ4n) is 3.02. The number of fused-ring (bicyclic) bond motifs is 1. The summed E-state index contributed by atoms with van der Waals surface area (Å²) in [5, 5.41) is 0.689. The average Bonchev–Trinajstić information content (AvgIpc) is 3.48. The number of rotatable bonds is 10. The molecule has 1 aromatic heterocycles. The molecule has 3 rings (SSSR count). The van der Waals surface area contributed by atoms with Crippen LogP contribution in [0.15, 0.2) is 18.2 Å². The number of hydrogen-bond acceptors (Lipinski definition) is 3. The monoisotopic (exact) mass is 461 g/mol. The van der Waals surface area contributed by atoms with Crippen molar-refractivity contribution in [3.63, 3.8) is 0 Å². The smallest absolute Gasteiger partial charge is 0.302 e.